The summed E-state index contributed by atoms with van der Waals surface area (Å²) in [5.41, 5.74) is 1.80. The summed E-state index contributed by atoms with van der Waals surface area (Å²) < 4.78 is 5.66. The highest BCUT2D eigenvalue weighted by atomic mass is 16.5. The van der Waals surface area contributed by atoms with Crippen LogP contribution in [0.3, 0.4) is 0 Å². The molecule has 0 aromatic heterocycles. The highest BCUT2D eigenvalue weighted by Gasteiger charge is 2.16. The fourth-order valence-corrected chi connectivity index (χ4v) is 2.08. The highest BCUT2D eigenvalue weighted by molar-refractivity contribution is 5.27. The molecule has 19 heavy (non-hydrogen) atoms. The van der Waals surface area contributed by atoms with Crippen LogP contribution in [0.5, 0.6) is 5.75 Å². The Morgan fingerprint density at radius 3 is 2.26 bits per heavy atom. The van der Waals surface area contributed by atoms with Gasteiger partial charge < -0.3 is 10.1 Å². The van der Waals surface area contributed by atoms with Gasteiger partial charge in [0.1, 0.15) is 5.75 Å². The van der Waals surface area contributed by atoms with Crippen LogP contribution in [-0.2, 0) is 6.42 Å². The maximum Gasteiger partial charge on any atom is 0.119 e. The van der Waals surface area contributed by atoms with Gasteiger partial charge in [-0.25, -0.2) is 0 Å². The van der Waals surface area contributed by atoms with Crippen molar-refractivity contribution in [3.8, 4) is 5.75 Å². The summed E-state index contributed by atoms with van der Waals surface area (Å²) >= 11 is 0. The Bertz CT molecular complexity index is 354. The van der Waals surface area contributed by atoms with Crippen LogP contribution < -0.4 is 10.1 Å². The van der Waals surface area contributed by atoms with Crippen molar-refractivity contribution in [1.29, 1.82) is 0 Å². The zero-order valence-electron chi connectivity index (χ0n) is 13.1. The number of nitrogens with one attached hydrogen (secondary N) is 1. The van der Waals surface area contributed by atoms with Gasteiger partial charge in [0.2, 0.25) is 0 Å². The van der Waals surface area contributed by atoms with Crippen molar-refractivity contribution < 1.29 is 4.74 Å². The Labute approximate surface area is 118 Å². The van der Waals surface area contributed by atoms with Crippen LogP contribution in [-0.4, -0.2) is 19.7 Å². The maximum absolute atomic E-state index is 5.66. The van der Waals surface area contributed by atoms with Crippen molar-refractivity contribution >= 4 is 0 Å². The van der Waals surface area contributed by atoms with Crippen molar-refractivity contribution in [1.82, 2.24) is 5.32 Å². The van der Waals surface area contributed by atoms with E-state index in [-0.39, 0.29) is 6.10 Å². The number of hydrogen-bond donors (Lipinski definition) is 1. The van der Waals surface area contributed by atoms with Crippen LogP contribution in [0, 0.1) is 5.41 Å². The molecule has 1 rings (SSSR count). The lowest BCUT2D eigenvalue weighted by Crippen LogP contribution is -2.20. The molecule has 0 aliphatic rings. The first-order valence-corrected chi connectivity index (χ1v) is 7.33. The third-order valence-electron chi connectivity index (χ3n) is 3.44. The summed E-state index contributed by atoms with van der Waals surface area (Å²) in [6.07, 6.45) is 3.82. The van der Waals surface area contributed by atoms with E-state index in [0.29, 0.717) is 5.41 Å². The van der Waals surface area contributed by atoms with Crippen LogP contribution in [0.4, 0.5) is 0 Å². The van der Waals surface area contributed by atoms with Gasteiger partial charge in [-0.1, -0.05) is 26.0 Å². The first kappa shape index (κ1) is 16.0. The van der Waals surface area contributed by atoms with Crippen molar-refractivity contribution in [3.63, 3.8) is 0 Å². The number of ether oxygens (including phenoxy) is 1. The molecule has 0 saturated carbocycles. The maximum atomic E-state index is 5.66. The molecule has 0 unspecified atom stereocenters. The molecule has 0 radical (unpaired) electrons. The van der Waals surface area contributed by atoms with Gasteiger partial charge >= 0.3 is 0 Å². The lowest BCUT2D eigenvalue weighted by atomic mass is 9.83. The molecular weight excluding hydrogens is 234 g/mol. The van der Waals surface area contributed by atoms with Gasteiger partial charge in [-0.15, -0.1) is 0 Å². The Balaban J connectivity index is 2.45. The normalized spacial score (nSPS) is 11.9. The second-order valence-electron chi connectivity index (χ2n) is 6.33. The number of benzene rings is 1. The van der Waals surface area contributed by atoms with E-state index in [1.807, 2.05) is 7.05 Å². The summed E-state index contributed by atoms with van der Waals surface area (Å²) in [5, 5.41) is 3.23. The average Bonchev–Trinajstić information content (AvgIpc) is 2.35. The fraction of sp³-hybridized carbons (Fsp3) is 0.647. The van der Waals surface area contributed by atoms with Crippen LogP contribution in [0.1, 0.15) is 46.1 Å². The molecule has 0 amide bonds. The molecule has 1 N–H and O–H groups in total. The van der Waals surface area contributed by atoms with E-state index in [2.05, 4.69) is 57.3 Å². The lowest BCUT2D eigenvalue weighted by molar-refractivity contribution is 0.242. The van der Waals surface area contributed by atoms with E-state index in [1.54, 1.807) is 0 Å². The number of aryl methyl sites for hydroxylation is 1. The molecule has 1 aromatic carbocycles. The smallest absolute Gasteiger partial charge is 0.119 e. The van der Waals surface area contributed by atoms with Gasteiger partial charge in [0, 0.05) is 0 Å². The highest BCUT2D eigenvalue weighted by Crippen LogP contribution is 2.27. The third-order valence-corrected chi connectivity index (χ3v) is 3.44. The molecule has 2 nitrogen and oxygen atoms in total. The predicted molar refractivity (Wildman–Crippen MR) is 82.9 cm³/mol. The van der Waals surface area contributed by atoms with E-state index >= 15 is 0 Å². The molecule has 0 saturated heterocycles. The summed E-state index contributed by atoms with van der Waals surface area (Å²) in [4.78, 5) is 0. The minimum atomic E-state index is 0.242. The van der Waals surface area contributed by atoms with Gasteiger partial charge in [0.05, 0.1) is 6.10 Å². The molecule has 2 heteroatoms. The molecule has 1 aromatic rings. The summed E-state index contributed by atoms with van der Waals surface area (Å²) in [6, 6.07) is 8.53. The Hall–Kier alpha value is -1.02. The first-order valence-electron chi connectivity index (χ1n) is 7.33. The van der Waals surface area contributed by atoms with Crippen molar-refractivity contribution in [2.24, 2.45) is 5.41 Å². The monoisotopic (exact) mass is 263 g/mol. The average molecular weight is 263 g/mol. The quantitative estimate of drug-likeness (QED) is 0.764. The van der Waals surface area contributed by atoms with Crippen LogP contribution in [0.15, 0.2) is 24.3 Å². The Morgan fingerprint density at radius 1 is 1.11 bits per heavy atom. The minimum Gasteiger partial charge on any atom is -0.491 e. The van der Waals surface area contributed by atoms with Crippen LogP contribution in [0.25, 0.3) is 0 Å². The zero-order valence-corrected chi connectivity index (χ0v) is 13.1. The summed E-state index contributed by atoms with van der Waals surface area (Å²) in [6.45, 7) is 9.89. The lowest BCUT2D eigenvalue weighted by Gasteiger charge is -2.24. The SMILES string of the molecule is CNCCC(C)(C)CCc1ccc(OC(C)C)cc1. The summed E-state index contributed by atoms with van der Waals surface area (Å²) in [7, 11) is 2.02. The van der Waals surface area contributed by atoms with Crippen molar-refractivity contribution in [2.45, 2.75) is 53.1 Å². The third kappa shape index (κ3) is 6.63. The molecule has 0 spiro atoms. The van der Waals surface area contributed by atoms with Gasteiger partial charge in [-0.05, 0) is 69.8 Å². The predicted octanol–water partition coefficient (Wildman–Crippen LogP) is 4.04. The van der Waals surface area contributed by atoms with Gasteiger partial charge in [-0.3, -0.25) is 0 Å². The van der Waals surface area contributed by atoms with Crippen LogP contribution in [0.2, 0.25) is 0 Å². The molecule has 0 atom stereocenters. The molecule has 108 valence electrons. The second kappa shape index (κ2) is 7.54. The topological polar surface area (TPSA) is 21.3 Å². The summed E-state index contributed by atoms with van der Waals surface area (Å²) in [5.74, 6) is 0.966. The minimum absolute atomic E-state index is 0.242. The molecule has 0 bridgehead atoms. The van der Waals surface area contributed by atoms with E-state index in [1.165, 1.54) is 18.4 Å². The Morgan fingerprint density at radius 2 is 1.74 bits per heavy atom. The Kier molecular flexibility index (Phi) is 6.36. The first-order chi connectivity index (χ1) is 8.93. The molecule has 0 heterocycles. The fourth-order valence-electron chi connectivity index (χ4n) is 2.08. The van der Waals surface area contributed by atoms with Crippen molar-refractivity contribution in [2.75, 3.05) is 13.6 Å². The van der Waals surface area contributed by atoms with Crippen molar-refractivity contribution in [3.05, 3.63) is 29.8 Å². The zero-order chi connectivity index (χ0) is 14.3. The van der Waals surface area contributed by atoms with Crippen LogP contribution >= 0.6 is 0 Å². The second-order valence-corrected chi connectivity index (χ2v) is 6.33. The van der Waals surface area contributed by atoms with Gasteiger partial charge in [0.15, 0.2) is 0 Å². The number of rotatable bonds is 8. The molecule has 0 aliphatic carbocycles. The molecule has 0 aliphatic heterocycles. The van der Waals surface area contributed by atoms with E-state index in [0.717, 1.165) is 18.7 Å². The standard InChI is InChI=1S/C17H29NO/c1-14(2)19-16-8-6-15(7-9-16)10-11-17(3,4)12-13-18-5/h6-9,14,18H,10-13H2,1-5H3. The van der Waals surface area contributed by atoms with E-state index in [9.17, 15) is 0 Å². The van der Waals surface area contributed by atoms with Gasteiger partial charge in [-0.2, -0.15) is 0 Å². The van der Waals surface area contributed by atoms with E-state index in [4.69, 9.17) is 4.74 Å². The molecule has 0 fully saturated rings. The van der Waals surface area contributed by atoms with E-state index < -0.39 is 0 Å². The largest absolute Gasteiger partial charge is 0.491 e. The van der Waals surface area contributed by atoms with Gasteiger partial charge in [0.25, 0.3) is 0 Å². The number of hydrogen-bond acceptors (Lipinski definition) is 2. The molecular formula is C17H29NO.